The van der Waals surface area contributed by atoms with Gasteiger partial charge >= 0.3 is 0 Å². The van der Waals surface area contributed by atoms with Gasteiger partial charge in [0.15, 0.2) is 5.16 Å². The van der Waals surface area contributed by atoms with Gasteiger partial charge in [0.05, 0.1) is 6.07 Å². The van der Waals surface area contributed by atoms with Crippen LogP contribution in [0.1, 0.15) is 31.9 Å². The second kappa shape index (κ2) is 6.57. The maximum Gasteiger partial charge on any atom is 0.251 e. The third-order valence-electron chi connectivity index (χ3n) is 2.71. The summed E-state index contributed by atoms with van der Waals surface area (Å²) in [5.41, 5.74) is 5.73. The van der Waals surface area contributed by atoms with Crippen LogP contribution in [0.3, 0.4) is 0 Å². The molecule has 0 amide bonds. The van der Waals surface area contributed by atoms with Crippen LogP contribution in [-0.2, 0) is 0 Å². The molecule has 0 aliphatic rings. The largest absolute Gasteiger partial charge is 0.313 e. The third-order valence-corrected chi connectivity index (χ3v) is 3.67. The molecular weight excluding hydrogens is 248 g/mol. The molecule has 0 aliphatic carbocycles. The molecule has 1 aromatic rings. The van der Waals surface area contributed by atoms with E-state index in [1.807, 2.05) is 6.92 Å². The molecule has 0 saturated heterocycles. The predicted octanol–water partition coefficient (Wildman–Crippen LogP) is 1.58. The number of aromatic nitrogens is 2. The van der Waals surface area contributed by atoms with Gasteiger partial charge in [-0.05, 0) is 26.2 Å². The number of nitrogens with one attached hydrogen (secondary N) is 1. The van der Waals surface area contributed by atoms with E-state index in [0.29, 0.717) is 23.7 Å². The van der Waals surface area contributed by atoms with E-state index in [1.165, 1.54) is 17.8 Å². The van der Waals surface area contributed by atoms with Gasteiger partial charge in [0, 0.05) is 17.5 Å². The Bertz CT molecular complexity index is 494. The quantitative estimate of drug-likeness (QED) is 0.463. The molecule has 1 unspecified atom stereocenters. The lowest BCUT2D eigenvalue weighted by Crippen LogP contribution is -2.37. The van der Waals surface area contributed by atoms with E-state index in [4.69, 9.17) is 11.0 Å². The van der Waals surface area contributed by atoms with Crippen LogP contribution in [0.15, 0.2) is 16.0 Å². The van der Waals surface area contributed by atoms with Crippen molar-refractivity contribution in [2.45, 2.75) is 43.8 Å². The van der Waals surface area contributed by atoms with E-state index in [9.17, 15) is 4.79 Å². The molecule has 3 N–H and O–H groups in total. The van der Waals surface area contributed by atoms with Gasteiger partial charge in [0.25, 0.3) is 5.56 Å². The fraction of sp³-hybridized carbons (Fsp3) is 0.583. The average molecular weight is 266 g/mol. The van der Waals surface area contributed by atoms with Gasteiger partial charge in [0.2, 0.25) is 0 Å². The van der Waals surface area contributed by atoms with Crippen LogP contribution in [0.5, 0.6) is 0 Å². The Kier molecular flexibility index (Phi) is 5.38. The summed E-state index contributed by atoms with van der Waals surface area (Å²) in [7, 11) is 0. The Hall–Kier alpha value is -1.32. The summed E-state index contributed by atoms with van der Waals surface area (Å²) in [5, 5.41) is 9.55. The van der Waals surface area contributed by atoms with Crippen molar-refractivity contribution >= 4 is 11.8 Å². The fourth-order valence-electron chi connectivity index (χ4n) is 1.49. The molecule has 1 aromatic heterocycles. The second-order valence-corrected chi connectivity index (χ2v) is 5.35. The predicted molar refractivity (Wildman–Crippen MR) is 72.4 cm³/mol. The first-order chi connectivity index (χ1) is 8.49. The summed E-state index contributed by atoms with van der Waals surface area (Å²) in [4.78, 5) is 18.1. The lowest BCUT2D eigenvalue weighted by molar-refractivity contribution is 0.478. The van der Waals surface area contributed by atoms with Crippen LogP contribution in [0.25, 0.3) is 0 Å². The summed E-state index contributed by atoms with van der Waals surface area (Å²) in [5.74, 6) is 0.785. The first kappa shape index (κ1) is 14.7. The van der Waals surface area contributed by atoms with E-state index in [0.717, 1.165) is 12.2 Å². The van der Waals surface area contributed by atoms with Gasteiger partial charge in [-0.25, -0.2) is 4.98 Å². The number of nitriles is 1. The highest BCUT2D eigenvalue weighted by molar-refractivity contribution is 7.99. The number of rotatable bonds is 6. The van der Waals surface area contributed by atoms with Gasteiger partial charge < -0.3 is 10.7 Å². The Morgan fingerprint density at radius 2 is 2.39 bits per heavy atom. The van der Waals surface area contributed by atoms with E-state index in [1.54, 1.807) is 6.92 Å². The molecule has 98 valence electrons. The zero-order valence-electron chi connectivity index (χ0n) is 10.7. The third kappa shape index (κ3) is 4.51. The molecule has 0 spiro atoms. The molecule has 0 aliphatic heterocycles. The van der Waals surface area contributed by atoms with Crippen molar-refractivity contribution in [2.75, 3.05) is 5.75 Å². The van der Waals surface area contributed by atoms with Crippen molar-refractivity contribution in [1.29, 1.82) is 5.26 Å². The average Bonchev–Trinajstić information content (AvgIpc) is 2.33. The molecule has 18 heavy (non-hydrogen) atoms. The molecule has 0 bridgehead atoms. The number of H-pyrrole nitrogens is 1. The Morgan fingerprint density at radius 3 is 2.94 bits per heavy atom. The smallest absolute Gasteiger partial charge is 0.251 e. The van der Waals surface area contributed by atoms with Crippen molar-refractivity contribution in [3.05, 3.63) is 22.1 Å². The Balaban J connectivity index is 2.43. The highest BCUT2D eigenvalue weighted by Crippen LogP contribution is 2.18. The van der Waals surface area contributed by atoms with Crippen molar-refractivity contribution in [1.82, 2.24) is 9.97 Å². The van der Waals surface area contributed by atoms with E-state index >= 15 is 0 Å². The van der Waals surface area contributed by atoms with Gasteiger partial charge in [-0.1, -0.05) is 18.7 Å². The first-order valence-electron chi connectivity index (χ1n) is 5.90. The second-order valence-electron chi connectivity index (χ2n) is 4.27. The monoisotopic (exact) mass is 266 g/mol. The number of hydrogen-bond donors (Lipinski definition) is 2. The van der Waals surface area contributed by atoms with Crippen molar-refractivity contribution < 1.29 is 0 Å². The van der Waals surface area contributed by atoms with Crippen molar-refractivity contribution in [3.8, 4) is 6.07 Å². The summed E-state index contributed by atoms with van der Waals surface area (Å²) in [6.07, 6.45) is 2.12. The zero-order valence-corrected chi connectivity index (χ0v) is 11.5. The lowest BCUT2D eigenvalue weighted by Gasteiger charge is -2.18. The summed E-state index contributed by atoms with van der Waals surface area (Å²) < 4.78 is 0. The topological polar surface area (TPSA) is 95.6 Å². The molecule has 1 heterocycles. The highest BCUT2D eigenvalue weighted by atomic mass is 32.2. The van der Waals surface area contributed by atoms with Gasteiger partial charge in [-0.3, -0.25) is 4.79 Å². The molecular formula is C12H18N4OS. The lowest BCUT2D eigenvalue weighted by atomic mass is 9.94. The highest BCUT2D eigenvalue weighted by Gasteiger charge is 2.20. The minimum absolute atomic E-state index is 0.135. The number of aryl methyl sites for hydroxylation is 1. The van der Waals surface area contributed by atoms with Gasteiger partial charge in [0.1, 0.15) is 5.54 Å². The zero-order chi connectivity index (χ0) is 13.6. The SMILES string of the molecule is CCC(N)(C#N)CCCSc1nc(C)cc(=O)[nH]1. The van der Waals surface area contributed by atoms with Crippen molar-refractivity contribution in [2.24, 2.45) is 5.73 Å². The first-order valence-corrected chi connectivity index (χ1v) is 6.88. The Morgan fingerprint density at radius 1 is 1.67 bits per heavy atom. The van der Waals surface area contributed by atoms with Crippen LogP contribution in [-0.4, -0.2) is 21.3 Å². The van der Waals surface area contributed by atoms with Crippen LogP contribution in [0, 0.1) is 18.3 Å². The van der Waals surface area contributed by atoms with E-state index in [2.05, 4.69) is 16.0 Å². The summed E-state index contributed by atoms with van der Waals surface area (Å²) in [6.45, 7) is 3.70. The number of nitrogens with two attached hydrogens (primary N) is 1. The minimum Gasteiger partial charge on any atom is -0.313 e. The number of nitrogens with zero attached hydrogens (tertiary/aromatic N) is 2. The van der Waals surface area contributed by atoms with Crippen LogP contribution < -0.4 is 11.3 Å². The Labute approximate surface area is 111 Å². The van der Waals surface area contributed by atoms with Crippen LogP contribution in [0.2, 0.25) is 0 Å². The minimum atomic E-state index is -0.728. The molecule has 0 radical (unpaired) electrons. The van der Waals surface area contributed by atoms with E-state index in [-0.39, 0.29) is 5.56 Å². The molecule has 0 saturated carbocycles. The maximum atomic E-state index is 11.2. The van der Waals surface area contributed by atoms with Crippen LogP contribution in [0.4, 0.5) is 0 Å². The fourth-order valence-corrected chi connectivity index (χ4v) is 2.35. The number of hydrogen-bond acceptors (Lipinski definition) is 5. The summed E-state index contributed by atoms with van der Waals surface area (Å²) in [6, 6.07) is 3.60. The molecule has 0 aromatic carbocycles. The van der Waals surface area contributed by atoms with E-state index < -0.39 is 5.54 Å². The molecule has 5 nitrogen and oxygen atoms in total. The van der Waals surface area contributed by atoms with Gasteiger partial charge in [-0.2, -0.15) is 5.26 Å². The number of aromatic amines is 1. The van der Waals surface area contributed by atoms with Gasteiger partial charge in [-0.15, -0.1) is 0 Å². The summed E-state index contributed by atoms with van der Waals surface area (Å²) >= 11 is 1.48. The number of thioether (sulfide) groups is 1. The van der Waals surface area contributed by atoms with Crippen molar-refractivity contribution in [3.63, 3.8) is 0 Å². The molecule has 1 atom stereocenters. The maximum absolute atomic E-state index is 11.2. The van der Waals surface area contributed by atoms with Crippen LogP contribution >= 0.6 is 11.8 Å². The normalized spacial score (nSPS) is 13.9. The molecule has 1 rings (SSSR count). The molecule has 6 heteroatoms. The standard InChI is InChI=1S/C12H18N4OS/c1-3-12(14,8-13)5-4-6-18-11-15-9(2)7-10(17)16-11/h7H,3-6,14H2,1-2H3,(H,15,16,17). The molecule has 0 fully saturated rings.